The van der Waals surface area contributed by atoms with Crippen molar-refractivity contribution in [2.45, 2.75) is 51.7 Å². The number of carbonyl (C=O) groups excluding carboxylic acids is 2. The van der Waals surface area contributed by atoms with Crippen LogP contribution in [0.5, 0.6) is 0 Å². The molecule has 0 aromatic carbocycles. The molecule has 130 valence electrons. The number of methoxy groups -OCH3 is 2. The zero-order chi connectivity index (χ0) is 17.2. The molecule has 0 heterocycles. The summed E-state index contributed by atoms with van der Waals surface area (Å²) in [6.45, 7) is 7.55. The molecule has 0 saturated heterocycles. The van der Waals surface area contributed by atoms with Gasteiger partial charge in [0, 0.05) is 27.1 Å². The Hall–Kier alpha value is -1.54. The summed E-state index contributed by atoms with van der Waals surface area (Å²) >= 11 is 0. The van der Waals surface area contributed by atoms with Gasteiger partial charge in [0.1, 0.15) is 0 Å². The van der Waals surface area contributed by atoms with Crippen molar-refractivity contribution in [1.82, 2.24) is 0 Å². The molecule has 0 aromatic rings. The van der Waals surface area contributed by atoms with Gasteiger partial charge in [-0.3, -0.25) is 4.58 Å². The third-order valence-corrected chi connectivity index (χ3v) is 3.19. The minimum Gasteiger partial charge on any atom is -0.628 e. The maximum atomic E-state index is 11.4. The lowest BCUT2D eigenvalue weighted by molar-refractivity contribution is -0.869. The van der Waals surface area contributed by atoms with Gasteiger partial charge in [-0.25, -0.2) is 4.74 Å². The summed E-state index contributed by atoms with van der Waals surface area (Å²) in [6.07, 6.45) is -0.946. The predicted octanol–water partition coefficient (Wildman–Crippen LogP) is 1.72. The van der Waals surface area contributed by atoms with E-state index < -0.39 is 23.5 Å². The molecule has 0 aromatic heterocycles. The second-order valence-electron chi connectivity index (χ2n) is 5.81. The Balaban J connectivity index is 4.05. The molecule has 8 nitrogen and oxygen atoms in total. The van der Waals surface area contributed by atoms with Gasteiger partial charge in [-0.05, 0) is 27.7 Å². The molecule has 0 bridgehead atoms. The highest BCUT2D eigenvalue weighted by Crippen LogP contribution is 2.14. The van der Waals surface area contributed by atoms with Crippen LogP contribution in [0.15, 0.2) is 0 Å². The fourth-order valence-corrected chi connectivity index (χ4v) is 1.13. The first kappa shape index (κ1) is 20.5. The van der Waals surface area contributed by atoms with E-state index in [1.165, 1.54) is 0 Å². The van der Waals surface area contributed by atoms with E-state index >= 15 is 0 Å². The van der Waals surface area contributed by atoms with Gasteiger partial charge in [0.05, 0.1) is 17.8 Å². The molecule has 0 unspecified atom stereocenters. The van der Waals surface area contributed by atoms with Gasteiger partial charge in [0.2, 0.25) is 0 Å². The van der Waals surface area contributed by atoms with Crippen molar-refractivity contribution in [1.29, 1.82) is 0 Å². The number of ether oxygens (including phenoxy) is 5. The summed E-state index contributed by atoms with van der Waals surface area (Å²) in [7, 11) is 3.12. The van der Waals surface area contributed by atoms with E-state index in [9.17, 15) is 10.1 Å². The van der Waals surface area contributed by atoms with Crippen LogP contribution in [0.4, 0.5) is 9.37 Å². The Morgan fingerprint density at radius 1 is 0.955 bits per heavy atom. The fourth-order valence-electron chi connectivity index (χ4n) is 1.13. The predicted molar refractivity (Wildman–Crippen MR) is 75.2 cm³/mol. The molecule has 0 spiro atoms. The van der Waals surface area contributed by atoms with Crippen LogP contribution in [0, 0.1) is 0 Å². The lowest BCUT2D eigenvalue weighted by Gasteiger charge is -2.21. The van der Waals surface area contributed by atoms with Crippen molar-refractivity contribution in [2.75, 3.05) is 27.4 Å². The summed E-state index contributed by atoms with van der Waals surface area (Å²) in [6, 6.07) is 0. The van der Waals surface area contributed by atoms with Crippen molar-refractivity contribution < 1.29 is 38.3 Å². The fraction of sp³-hybridized carbons (Fsp3) is 0.857. The van der Waals surface area contributed by atoms with Crippen LogP contribution in [0.3, 0.4) is 0 Å². The Kier molecular flexibility index (Phi) is 8.81. The van der Waals surface area contributed by atoms with Gasteiger partial charge in [0.25, 0.3) is 0 Å². The number of carbonyl (C=O) groups is 1. The van der Waals surface area contributed by atoms with Crippen molar-refractivity contribution >= 4 is 12.3 Å². The van der Waals surface area contributed by atoms with Crippen LogP contribution in [-0.4, -0.2) is 50.9 Å². The first-order valence-corrected chi connectivity index (χ1v) is 6.90. The second-order valence-corrected chi connectivity index (χ2v) is 5.81. The molecular weight excluding hydrogens is 296 g/mol. The van der Waals surface area contributed by atoms with Crippen molar-refractivity contribution in [2.24, 2.45) is 0 Å². The van der Waals surface area contributed by atoms with E-state index in [4.69, 9.17) is 18.9 Å². The zero-order valence-electron chi connectivity index (χ0n) is 14.1. The van der Waals surface area contributed by atoms with E-state index in [0.717, 1.165) is 0 Å². The summed E-state index contributed by atoms with van der Waals surface area (Å²) < 4.78 is 28.2. The van der Waals surface area contributed by atoms with E-state index in [2.05, 4.69) is 9.31 Å². The Bertz CT molecular complexity index is 362. The molecular formula is C14H26O8. The summed E-state index contributed by atoms with van der Waals surface area (Å²) in [4.78, 5) is 11.4. The number of hydrogen-bond acceptors (Lipinski definition) is 7. The minimum absolute atomic E-state index is 0.0719. The van der Waals surface area contributed by atoms with Gasteiger partial charge in [-0.2, -0.15) is 4.79 Å². The summed E-state index contributed by atoms with van der Waals surface area (Å²) in [5.41, 5.74) is -0.857. The van der Waals surface area contributed by atoms with Crippen molar-refractivity contribution in [3.05, 3.63) is 0 Å². The molecule has 0 rings (SSSR count). The monoisotopic (exact) mass is 322 g/mol. The minimum atomic E-state index is -1.08. The quantitative estimate of drug-likeness (QED) is 0.221. The molecule has 8 heteroatoms. The molecule has 0 saturated carbocycles. The summed E-state index contributed by atoms with van der Waals surface area (Å²) in [5.74, 6) is 0. The van der Waals surface area contributed by atoms with Gasteiger partial charge in [0.15, 0.2) is 6.61 Å². The average Bonchev–Trinajstić information content (AvgIpc) is 2.45. The molecule has 0 aliphatic carbocycles. The smallest absolute Gasteiger partial charge is 0.628 e. The Labute approximate surface area is 130 Å². The topological polar surface area (TPSA) is 97.6 Å². The molecule has 0 atom stereocenters. The zero-order valence-corrected chi connectivity index (χ0v) is 14.1. The van der Waals surface area contributed by atoms with E-state index in [1.807, 2.05) is 27.7 Å². The molecule has 0 aliphatic heterocycles. The maximum absolute atomic E-state index is 11.4. The van der Waals surface area contributed by atoms with Crippen LogP contribution in [-0.2, 0) is 23.7 Å². The second kappa shape index (κ2) is 9.47. The van der Waals surface area contributed by atoms with Crippen molar-refractivity contribution in [3.63, 3.8) is 0 Å². The summed E-state index contributed by atoms with van der Waals surface area (Å²) in [5, 5.41) is 10.4. The Morgan fingerprint density at radius 2 is 1.41 bits per heavy atom. The van der Waals surface area contributed by atoms with E-state index in [-0.39, 0.29) is 13.2 Å². The average molecular weight is 322 g/mol. The third-order valence-electron chi connectivity index (χ3n) is 3.19. The van der Waals surface area contributed by atoms with Crippen molar-refractivity contribution in [3.8, 4) is 0 Å². The normalized spacial score (nSPS) is 12.9. The van der Waals surface area contributed by atoms with Gasteiger partial charge < -0.3 is 24.2 Å². The van der Waals surface area contributed by atoms with Gasteiger partial charge >= 0.3 is 12.3 Å². The lowest BCUT2D eigenvalue weighted by Crippen LogP contribution is -2.27. The SMILES string of the molecule is COC(C)(C)CCOC(=O)OC(OCCC(C)(C)OC)=[O+][O-]. The van der Waals surface area contributed by atoms with Crippen LogP contribution < -0.4 is 5.26 Å². The highest BCUT2D eigenvalue weighted by atomic mass is 17.1. The Morgan fingerprint density at radius 3 is 1.82 bits per heavy atom. The highest BCUT2D eigenvalue weighted by molar-refractivity contribution is 5.76. The van der Waals surface area contributed by atoms with Crippen LogP contribution in [0.2, 0.25) is 0 Å². The van der Waals surface area contributed by atoms with Gasteiger partial charge in [-0.15, -0.1) is 0 Å². The third kappa shape index (κ3) is 9.41. The molecule has 0 amide bonds. The van der Waals surface area contributed by atoms with Gasteiger partial charge in [-0.1, -0.05) is 0 Å². The molecule has 0 aliphatic rings. The molecule has 0 radical (unpaired) electrons. The lowest BCUT2D eigenvalue weighted by atomic mass is 10.1. The number of rotatable bonds is 8. The molecule has 0 fully saturated rings. The molecule has 0 N–H and O–H groups in total. The van der Waals surface area contributed by atoms with E-state index in [1.54, 1.807) is 14.2 Å². The van der Waals surface area contributed by atoms with Crippen LogP contribution in [0.1, 0.15) is 40.5 Å². The first-order chi connectivity index (χ1) is 10.2. The van der Waals surface area contributed by atoms with Crippen LogP contribution in [0.25, 0.3) is 0 Å². The highest BCUT2D eigenvalue weighted by Gasteiger charge is 2.28. The number of hydrogen-bond donors (Lipinski definition) is 0. The molecule has 22 heavy (non-hydrogen) atoms. The van der Waals surface area contributed by atoms with Crippen LogP contribution >= 0.6 is 0 Å². The maximum Gasteiger partial charge on any atom is 0.735 e. The standard InChI is InChI=1S/C14H26O8/c1-13(2,17-5)7-9-19-11(15)21-12(22-16)20-10-8-14(3,4)18-6/h7-10H2,1-6H3. The first-order valence-electron chi connectivity index (χ1n) is 6.90. The largest absolute Gasteiger partial charge is 0.735 e. The van der Waals surface area contributed by atoms with E-state index in [0.29, 0.717) is 12.8 Å².